The highest BCUT2D eigenvalue weighted by molar-refractivity contribution is 5.86. The first-order valence-electron chi connectivity index (χ1n) is 9.67. The quantitative estimate of drug-likeness (QED) is 0.537. The van der Waals surface area contributed by atoms with Gasteiger partial charge in [-0.05, 0) is 56.8 Å². The van der Waals surface area contributed by atoms with Crippen LogP contribution < -0.4 is 5.11 Å². The normalized spacial score (nSPS) is 45.0. The van der Waals surface area contributed by atoms with Crippen molar-refractivity contribution in [3.8, 4) is 0 Å². The van der Waals surface area contributed by atoms with Crippen molar-refractivity contribution in [2.24, 2.45) is 23.2 Å². The van der Waals surface area contributed by atoms with Crippen molar-refractivity contribution in [3.63, 3.8) is 0 Å². The van der Waals surface area contributed by atoms with Gasteiger partial charge in [0.05, 0.1) is 25.4 Å². The summed E-state index contributed by atoms with van der Waals surface area (Å²) in [5, 5.41) is 21.6. The van der Waals surface area contributed by atoms with E-state index in [2.05, 4.69) is 6.58 Å². The van der Waals surface area contributed by atoms with Gasteiger partial charge in [0.15, 0.2) is 0 Å². The molecule has 4 aliphatic carbocycles. The van der Waals surface area contributed by atoms with Crippen molar-refractivity contribution >= 4 is 11.9 Å². The number of carbonyl (C=O) groups excluding carboxylic acids is 2. The van der Waals surface area contributed by atoms with Crippen molar-refractivity contribution in [3.05, 3.63) is 12.2 Å². The SMILES string of the molecule is C=C(C)C(=O)OCC1(CO)COC2(CO1)C1CC3CC2CC(C(=O)[O-])(C3)C1. The lowest BCUT2D eigenvalue weighted by Gasteiger charge is -2.66. The molecule has 3 unspecified atom stereocenters. The van der Waals surface area contributed by atoms with E-state index in [0.717, 1.165) is 19.3 Å². The Morgan fingerprint density at radius 2 is 1.85 bits per heavy atom. The summed E-state index contributed by atoms with van der Waals surface area (Å²) in [6.07, 6.45) is 3.76. The molecule has 5 aliphatic rings. The average molecular weight is 379 g/mol. The first-order chi connectivity index (χ1) is 12.7. The zero-order valence-electron chi connectivity index (χ0n) is 15.7. The molecule has 4 saturated carbocycles. The van der Waals surface area contributed by atoms with Crippen LogP contribution in [0.5, 0.6) is 0 Å². The second-order valence-electron chi connectivity index (χ2n) is 9.14. The summed E-state index contributed by atoms with van der Waals surface area (Å²) in [4.78, 5) is 23.5. The van der Waals surface area contributed by atoms with Crippen molar-refractivity contribution in [2.75, 3.05) is 26.4 Å². The monoisotopic (exact) mass is 379 g/mol. The van der Waals surface area contributed by atoms with Crippen LogP contribution >= 0.6 is 0 Å². The van der Waals surface area contributed by atoms with Crippen molar-refractivity contribution in [1.82, 2.24) is 0 Å². The van der Waals surface area contributed by atoms with Gasteiger partial charge in [0, 0.05) is 17.0 Å². The predicted molar refractivity (Wildman–Crippen MR) is 91.2 cm³/mol. The van der Waals surface area contributed by atoms with Crippen LogP contribution in [-0.4, -0.2) is 54.7 Å². The minimum atomic E-state index is -1.09. The Morgan fingerprint density at radius 1 is 1.19 bits per heavy atom. The number of carbonyl (C=O) groups is 2. The summed E-state index contributed by atoms with van der Waals surface area (Å²) >= 11 is 0. The molecule has 1 heterocycles. The van der Waals surface area contributed by atoms with Crippen molar-refractivity contribution in [2.45, 2.75) is 50.2 Å². The van der Waals surface area contributed by atoms with E-state index in [9.17, 15) is 19.8 Å². The molecule has 5 fully saturated rings. The van der Waals surface area contributed by atoms with Crippen LogP contribution in [-0.2, 0) is 23.8 Å². The lowest BCUT2D eigenvalue weighted by Crippen LogP contribution is -2.70. The molecule has 27 heavy (non-hydrogen) atoms. The van der Waals surface area contributed by atoms with Gasteiger partial charge in [0.25, 0.3) is 0 Å². The molecule has 0 radical (unpaired) electrons. The fourth-order valence-corrected chi connectivity index (χ4v) is 5.94. The topological polar surface area (TPSA) is 105 Å². The summed E-state index contributed by atoms with van der Waals surface area (Å²) in [5.74, 6) is -0.801. The number of ether oxygens (including phenoxy) is 3. The molecular formula is C20H27O7-. The highest BCUT2D eigenvalue weighted by Gasteiger charge is 2.65. The second kappa shape index (κ2) is 6.29. The Hall–Kier alpha value is -1.44. The molecule has 0 aromatic heterocycles. The van der Waals surface area contributed by atoms with E-state index in [0.29, 0.717) is 18.8 Å². The Labute approximate surface area is 158 Å². The second-order valence-corrected chi connectivity index (χ2v) is 9.14. The standard InChI is InChI=1S/C20H28O7/c1-12(2)16(22)25-9-19(8-21)10-27-20(11-26-19)14-3-13-4-15(20)7-18(5-13,6-14)17(23)24/h13-15,21H,1,3-11H2,2H3,(H,23,24)/p-1. The lowest BCUT2D eigenvalue weighted by atomic mass is 9.44. The third-order valence-corrected chi connectivity index (χ3v) is 7.32. The molecule has 1 spiro atoms. The molecule has 4 bridgehead atoms. The average Bonchev–Trinajstić information content (AvgIpc) is 2.64. The zero-order valence-corrected chi connectivity index (χ0v) is 15.7. The molecule has 5 rings (SSSR count). The number of rotatable bonds is 5. The van der Waals surface area contributed by atoms with E-state index in [1.807, 2.05) is 0 Å². The van der Waals surface area contributed by atoms with E-state index in [-0.39, 0.29) is 43.8 Å². The van der Waals surface area contributed by atoms with E-state index in [1.54, 1.807) is 6.92 Å². The third-order valence-electron chi connectivity index (χ3n) is 7.32. The summed E-state index contributed by atoms with van der Waals surface area (Å²) in [5.41, 5.74) is -2.03. The Bertz CT molecular complexity index is 643. The van der Waals surface area contributed by atoms with Crippen LogP contribution in [0.2, 0.25) is 0 Å². The third kappa shape index (κ3) is 2.82. The molecule has 0 aromatic carbocycles. The molecule has 3 atom stereocenters. The Morgan fingerprint density at radius 3 is 2.33 bits per heavy atom. The summed E-state index contributed by atoms with van der Waals surface area (Å²) in [7, 11) is 0. The molecule has 0 aromatic rings. The highest BCUT2D eigenvalue weighted by atomic mass is 16.6. The van der Waals surface area contributed by atoms with E-state index in [4.69, 9.17) is 14.2 Å². The van der Waals surface area contributed by atoms with E-state index in [1.165, 1.54) is 0 Å². The smallest absolute Gasteiger partial charge is 0.333 e. The van der Waals surface area contributed by atoms with Gasteiger partial charge in [-0.3, -0.25) is 0 Å². The van der Waals surface area contributed by atoms with E-state index < -0.39 is 28.6 Å². The van der Waals surface area contributed by atoms with Gasteiger partial charge < -0.3 is 29.2 Å². The molecule has 150 valence electrons. The maximum absolute atomic E-state index is 11.8. The highest BCUT2D eigenvalue weighted by Crippen LogP contribution is 2.65. The van der Waals surface area contributed by atoms with E-state index >= 15 is 0 Å². The summed E-state index contributed by atoms with van der Waals surface area (Å²) in [6.45, 7) is 5.07. The fourth-order valence-electron chi connectivity index (χ4n) is 5.94. The van der Waals surface area contributed by atoms with Crippen molar-refractivity contribution < 1.29 is 34.0 Å². The van der Waals surface area contributed by atoms with Gasteiger partial charge in [0.1, 0.15) is 12.2 Å². The first kappa shape index (κ1) is 18.9. The Balaban J connectivity index is 1.48. The van der Waals surface area contributed by atoms with Gasteiger partial charge in [-0.2, -0.15) is 0 Å². The van der Waals surface area contributed by atoms with Gasteiger partial charge in [-0.1, -0.05) is 6.58 Å². The number of hydrogen-bond acceptors (Lipinski definition) is 7. The van der Waals surface area contributed by atoms with Crippen LogP contribution in [0.1, 0.15) is 39.0 Å². The summed E-state index contributed by atoms with van der Waals surface area (Å²) < 4.78 is 17.6. The van der Waals surface area contributed by atoms with Crippen LogP contribution in [0.3, 0.4) is 0 Å². The molecular weight excluding hydrogens is 352 g/mol. The minimum Gasteiger partial charge on any atom is -0.550 e. The maximum atomic E-state index is 11.8. The molecule has 1 N–H and O–H groups in total. The number of aliphatic carboxylic acids is 1. The molecule has 0 amide bonds. The van der Waals surface area contributed by atoms with Crippen LogP contribution in [0.15, 0.2) is 12.2 Å². The van der Waals surface area contributed by atoms with Crippen LogP contribution in [0.4, 0.5) is 0 Å². The van der Waals surface area contributed by atoms with Crippen molar-refractivity contribution in [1.29, 1.82) is 0 Å². The van der Waals surface area contributed by atoms with Crippen LogP contribution in [0.25, 0.3) is 0 Å². The largest absolute Gasteiger partial charge is 0.550 e. The van der Waals surface area contributed by atoms with Gasteiger partial charge in [-0.15, -0.1) is 0 Å². The number of aliphatic hydroxyl groups excluding tert-OH is 1. The zero-order chi connectivity index (χ0) is 19.4. The van der Waals surface area contributed by atoms with Gasteiger partial charge in [-0.25, -0.2) is 4.79 Å². The lowest BCUT2D eigenvalue weighted by molar-refractivity contribution is -0.348. The first-order valence-corrected chi connectivity index (χ1v) is 9.67. The summed E-state index contributed by atoms with van der Waals surface area (Å²) in [6, 6.07) is 0. The number of esters is 1. The maximum Gasteiger partial charge on any atom is 0.333 e. The minimum absolute atomic E-state index is 0.105. The van der Waals surface area contributed by atoms with Gasteiger partial charge >= 0.3 is 5.97 Å². The fraction of sp³-hybridized carbons (Fsp3) is 0.800. The van der Waals surface area contributed by atoms with Gasteiger partial charge in [0.2, 0.25) is 0 Å². The number of hydrogen-bond donors (Lipinski definition) is 1. The molecule has 7 nitrogen and oxygen atoms in total. The molecule has 7 heteroatoms. The number of carboxylic acids is 1. The molecule has 1 aliphatic heterocycles. The molecule has 1 saturated heterocycles. The number of carboxylic acid groups (broad SMARTS) is 1. The Kier molecular flexibility index (Phi) is 4.40. The predicted octanol–water partition coefficient (Wildman–Crippen LogP) is 0.199. The van der Waals surface area contributed by atoms with Crippen LogP contribution in [0, 0.1) is 23.2 Å². The number of aliphatic hydroxyl groups is 1.